The van der Waals surface area contributed by atoms with Gasteiger partial charge in [-0.05, 0) is 49.9 Å². The maximum atomic E-state index is 11.6. The summed E-state index contributed by atoms with van der Waals surface area (Å²) in [7, 11) is 0. The second-order valence-electron chi connectivity index (χ2n) is 15.1. The van der Waals surface area contributed by atoms with Gasteiger partial charge in [0.25, 0.3) is 0 Å². The van der Waals surface area contributed by atoms with E-state index in [-0.39, 0.29) is 28.2 Å². The van der Waals surface area contributed by atoms with Gasteiger partial charge in [0.05, 0.1) is 5.57 Å². The molecule has 0 saturated carbocycles. The molecule has 0 radical (unpaired) electrons. The Hall–Kier alpha value is -2.94. The average molecular weight is 725 g/mol. The lowest BCUT2D eigenvalue weighted by Crippen LogP contribution is -2.62. The van der Waals surface area contributed by atoms with Gasteiger partial charge in [-0.25, -0.2) is 0 Å². The van der Waals surface area contributed by atoms with Crippen LogP contribution in [0.25, 0.3) is 5.57 Å². The van der Waals surface area contributed by atoms with Crippen molar-refractivity contribution in [1.29, 1.82) is 0 Å². The molecule has 0 amide bonds. The highest BCUT2D eigenvalue weighted by molar-refractivity contribution is 5.87. The molecule has 0 heterocycles. The zero-order chi connectivity index (χ0) is 38.0. The van der Waals surface area contributed by atoms with Crippen LogP contribution in [0, 0.1) is 0 Å². The maximum Gasteiger partial charge on any atom is 0.236 e. The summed E-state index contributed by atoms with van der Waals surface area (Å²) in [6.45, 7) is 12.2. The van der Waals surface area contributed by atoms with E-state index in [2.05, 4.69) is 37.5 Å². The van der Waals surface area contributed by atoms with E-state index in [1.54, 1.807) is 18.2 Å². The minimum absolute atomic E-state index is 0.0233. The molecular formula is C44H72N2O6. The summed E-state index contributed by atoms with van der Waals surface area (Å²) in [6, 6.07) is 9.76. The number of nitrogens with zero attached hydrogens (tertiary/aromatic N) is 2. The van der Waals surface area contributed by atoms with E-state index in [1.807, 2.05) is 6.07 Å². The first-order valence-electron chi connectivity index (χ1n) is 20.9. The van der Waals surface area contributed by atoms with Crippen LogP contribution in [0.3, 0.4) is 0 Å². The fourth-order valence-electron chi connectivity index (χ4n) is 7.58. The third-order valence-electron chi connectivity index (χ3n) is 10.9. The van der Waals surface area contributed by atoms with Gasteiger partial charge in [-0.15, -0.1) is 0 Å². The van der Waals surface area contributed by atoms with Gasteiger partial charge in [0.1, 0.15) is 17.3 Å². The number of hydrogen-bond acceptors (Lipinski definition) is 8. The number of hydrogen-bond donors (Lipinski definition) is 6. The summed E-state index contributed by atoms with van der Waals surface area (Å²) in [5, 5.41) is 68.1. The topological polar surface area (TPSA) is 128 Å². The molecule has 0 spiro atoms. The summed E-state index contributed by atoms with van der Waals surface area (Å²) in [5.41, 5.74) is -1.62. The number of aliphatic hydroxyl groups is 4. The van der Waals surface area contributed by atoms with Crippen molar-refractivity contribution in [3.05, 3.63) is 53.3 Å². The molecule has 1 atom stereocenters. The lowest BCUT2D eigenvalue weighted by Gasteiger charge is -2.49. The van der Waals surface area contributed by atoms with Crippen LogP contribution < -0.4 is 9.80 Å². The Morgan fingerprint density at radius 2 is 0.827 bits per heavy atom. The number of phenols is 2. The summed E-state index contributed by atoms with van der Waals surface area (Å²) >= 11 is 0. The predicted molar refractivity (Wildman–Crippen MR) is 216 cm³/mol. The largest absolute Gasteiger partial charge is 0.508 e. The number of benzene rings is 2. The van der Waals surface area contributed by atoms with Crippen LogP contribution in [0.5, 0.6) is 11.5 Å². The molecule has 0 aromatic heterocycles. The molecule has 2 aromatic rings. The van der Waals surface area contributed by atoms with Gasteiger partial charge in [0.2, 0.25) is 11.4 Å². The van der Waals surface area contributed by atoms with Gasteiger partial charge in [-0.2, -0.15) is 0 Å². The molecule has 0 fully saturated rings. The Kier molecular flexibility index (Phi) is 18.7. The number of phenolic OH excluding ortho intramolecular Hbond substituents is 2. The molecular weight excluding hydrogens is 652 g/mol. The van der Waals surface area contributed by atoms with Crippen LogP contribution in [0.15, 0.2) is 42.2 Å². The molecule has 0 bridgehead atoms. The smallest absolute Gasteiger partial charge is 0.236 e. The number of unbranched alkanes of at least 4 members (excludes halogenated alkanes) is 16. The van der Waals surface area contributed by atoms with Gasteiger partial charge in [0, 0.05) is 60.8 Å². The highest BCUT2D eigenvalue weighted by Gasteiger charge is 2.67. The van der Waals surface area contributed by atoms with Gasteiger partial charge in [-0.1, -0.05) is 130 Å². The second-order valence-corrected chi connectivity index (χ2v) is 15.1. The maximum absolute atomic E-state index is 11.6. The van der Waals surface area contributed by atoms with Gasteiger partial charge < -0.3 is 40.4 Å². The Balaban J connectivity index is 1.83. The lowest BCUT2D eigenvalue weighted by molar-refractivity contribution is -0.259. The molecule has 0 aliphatic heterocycles. The zero-order valence-electron chi connectivity index (χ0n) is 33.0. The average Bonchev–Trinajstić information content (AvgIpc) is 3.13. The first-order valence-corrected chi connectivity index (χ1v) is 20.9. The molecule has 3 rings (SSSR count). The van der Waals surface area contributed by atoms with Crippen LogP contribution in [-0.2, 0) is 5.60 Å². The molecule has 294 valence electrons. The number of aromatic hydroxyl groups is 2. The van der Waals surface area contributed by atoms with Crippen LogP contribution in [0.1, 0.15) is 167 Å². The van der Waals surface area contributed by atoms with E-state index in [0.29, 0.717) is 0 Å². The molecule has 0 saturated heterocycles. The van der Waals surface area contributed by atoms with E-state index < -0.39 is 17.1 Å². The van der Waals surface area contributed by atoms with Crippen molar-refractivity contribution in [3.63, 3.8) is 0 Å². The van der Waals surface area contributed by atoms with Crippen molar-refractivity contribution < 1.29 is 30.6 Å². The van der Waals surface area contributed by atoms with E-state index in [4.69, 9.17) is 0 Å². The number of aliphatic hydroxyl groups excluding tert-OH is 1. The second kappa shape index (κ2) is 22.3. The Morgan fingerprint density at radius 1 is 0.462 bits per heavy atom. The zero-order valence-corrected chi connectivity index (χ0v) is 33.0. The van der Waals surface area contributed by atoms with E-state index in [0.717, 1.165) is 88.9 Å². The van der Waals surface area contributed by atoms with Gasteiger partial charge >= 0.3 is 0 Å². The van der Waals surface area contributed by atoms with E-state index >= 15 is 0 Å². The molecule has 6 N–H and O–H groups in total. The van der Waals surface area contributed by atoms with Gasteiger partial charge in [-0.3, -0.25) is 0 Å². The van der Waals surface area contributed by atoms with Crippen LogP contribution in [0.4, 0.5) is 11.4 Å². The summed E-state index contributed by atoms with van der Waals surface area (Å²) in [4.78, 5) is 4.52. The Morgan fingerprint density at radius 3 is 1.17 bits per heavy atom. The Bertz CT molecular complexity index is 1330. The number of rotatable bonds is 28. The molecule has 52 heavy (non-hydrogen) atoms. The number of anilines is 2. The monoisotopic (exact) mass is 725 g/mol. The predicted octanol–water partition coefficient (Wildman–Crippen LogP) is 10.4. The summed E-state index contributed by atoms with van der Waals surface area (Å²) in [6.07, 6.45) is 23.1. The van der Waals surface area contributed by atoms with E-state index in [1.165, 1.54) is 89.2 Å². The van der Waals surface area contributed by atoms with Crippen LogP contribution in [-0.4, -0.2) is 62.6 Å². The van der Waals surface area contributed by atoms with Gasteiger partial charge in [0.15, 0.2) is 0 Å². The van der Waals surface area contributed by atoms with Crippen molar-refractivity contribution in [2.24, 2.45) is 0 Å². The van der Waals surface area contributed by atoms with E-state index in [9.17, 15) is 30.6 Å². The highest BCUT2D eigenvalue weighted by Crippen LogP contribution is 2.58. The van der Waals surface area contributed by atoms with Crippen LogP contribution >= 0.6 is 0 Å². The normalized spacial score (nSPS) is 16.7. The standard InChI is InChI=1S/C44H72N2O6/c1-5-9-13-17-21-29-45(30-22-18-14-10-6-2)35-25-27-37(39(47)33-35)41-42(49)43(50,44(41,51)52)38-28-26-36(34-40(38)48)46(31-23-19-15-11-7-3)32-24-20-16-12-8-4/h25-28,33-34,47-52H,5-24,29-32H2,1-4H3. The third-order valence-corrected chi connectivity index (χ3v) is 10.9. The highest BCUT2D eigenvalue weighted by atomic mass is 16.5. The van der Waals surface area contributed by atoms with Crippen molar-refractivity contribution in [3.8, 4) is 11.5 Å². The molecule has 2 aromatic carbocycles. The third kappa shape index (κ3) is 11.3. The lowest BCUT2D eigenvalue weighted by atomic mass is 9.66. The molecule has 8 heteroatoms. The molecule has 1 aliphatic carbocycles. The minimum Gasteiger partial charge on any atom is -0.508 e. The minimum atomic E-state index is -2.97. The Labute approximate surface area is 315 Å². The SMILES string of the molecule is CCCCCCCN(CCCCCCC)c1ccc(C2=C(O)C(O)(c3ccc(N(CCCCCCC)CCCCCCC)cc3O)C2(O)O)c(O)c1. The first-order chi connectivity index (χ1) is 25.1. The molecule has 1 aliphatic rings. The fraction of sp³-hybridized carbons (Fsp3) is 0.682. The van der Waals surface area contributed by atoms with Crippen LogP contribution in [0.2, 0.25) is 0 Å². The summed E-state index contributed by atoms with van der Waals surface area (Å²) in [5.74, 6) is -4.24. The van der Waals surface area contributed by atoms with Crippen molar-refractivity contribution in [2.75, 3.05) is 36.0 Å². The summed E-state index contributed by atoms with van der Waals surface area (Å²) < 4.78 is 0. The first kappa shape index (κ1) is 43.5. The van der Waals surface area contributed by atoms with Crippen molar-refractivity contribution >= 4 is 16.9 Å². The quantitative estimate of drug-likeness (QED) is 0.0378. The van der Waals surface area contributed by atoms with Crippen molar-refractivity contribution in [1.82, 2.24) is 0 Å². The molecule has 8 nitrogen and oxygen atoms in total. The molecule has 1 unspecified atom stereocenters. The fourth-order valence-corrected chi connectivity index (χ4v) is 7.58. The van der Waals surface area contributed by atoms with Crippen molar-refractivity contribution in [2.45, 2.75) is 167 Å².